The van der Waals surface area contributed by atoms with Gasteiger partial charge in [-0.05, 0) is 32.1 Å². The molecule has 0 heterocycles. The first kappa shape index (κ1) is 11.5. The lowest BCUT2D eigenvalue weighted by Crippen LogP contribution is -2.63. The summed E-state index contributed by atoms with van der Waals surface area (Å²) in [5.41, 5.74) is 5.03. The zero-order valence-electron chi connectivity index (χ0n) is 9.68. The van der Waals surface area contributed by atoms with E-state index in [4.69, 9.17) is 5.73 Å². The Bertz CT molecular complexity index is 235. The monoisotopic (exact) mass is 198 g/mol. The number of hydrogen-bond acceptors (Lipinski definition) is 2. The van der Waals surface area contributed by atoms with Crippen molar-refractivity contribution in [1.29, 1.82) is 0 Å². The molecule has 1 aliphatic rings. The summed E-state index contributed by atoms with van der Waals surface area (Å²) in [6.07, 6.45) is 3.01. The fourth-order valence-corrected chi connectivity index (χ4v) is 2.64. The zero-order valence-corrected chi connectivity index (χ0v) is 9.68. The molecule has 1 amide bonds. The van der Waals surface area contributed by atoms with Crippen LogP contribution in [0.3, 0.4) is 0 Å². The first-order valence-electron chi connectivity index (χ1n) is 5.39. The molecule has 14 heavy (non-hydrogen) atoms. The largest absolute Gasteiger partial charge is 0.368 e. The second-order valence-electron chi connectivity index (χ2n) is 5.31. The van der Waals surface area contributed by atoms with Gasteiger partial charge in [0.1, 0.15) is 5.54 Å². The van der Waals surface area contributed by atoms with E-state index in [1.165, 1.54) is 0 Å². The molecule has 1 saturated carbocycles. The number of rotatable bonds is 3. The standard InChI is InChI=1S/C11H22N2O/c1-8(2)13-11(9(12)14)7-5-6-10(11,3)4/h8,13H,5-7H2,1-4H3,(H2,12,14). The molecule has 0 spiro atoms. The number of nitrogens with one attached hydrogen (secondary N) is 1. The van der Waals surface area contributed by atoms with Gasteiger partial charge in [0.15, 0.2) is 0 Å². The lowest BCUT2D eigenvalue weighted by Gasteiger charge is -2.41. The molecular weight excluding hydrogens is 176 g/mol. The maximum Gasteiger partial charge on any atom is 0.238 e. The Kier molecular flexibility index (Phi) is 2.91. The normalized spacial score (nSPS) is 30.9. The lowest BCUT2D eigenvalue weighted by molar-refractivity contribution is -0.128. The van der Waals surface area contributed by atoms with Gasteiger partial charge >= 0.3 is 0 Å². The Hall–Kier alpha value is -0.570. The molecule has 1 fully saturated rings. The van der Waals surface area contributed by atoms with Gasteiger partial charge in [0, 0.05) is 6.04 Å². The second-order valence-corrected chi connectivity index (χ2v) is 5.31. The molecule has 0 bridgehead atoms. The van der Waals surface area contributed by atoms with Crippen LogP contribution in [-0.2, 0) is 4.79 Å². The van der Waals surface area contributed by atoms with Crippen molar-refractivity contribution < 1.29 is 4.79 Å². The van der Waals surface area contributed by atoms with Crippen LogP contribution in [0.2, 0.25) is 0 Å². The summed E-state index contributed by atoms with van der Waals surface area (Å²) in [7, 11) is 0. The van der Waals surface area contributed by atoms with Crippen molar-refractivity contribution in [2.45, 2.75) is 58.5 Å². The molecule has 1 aliphatic carbocycles. The van der Waals surface area contributed by atoms with Gasteiger partial charge in [0.2, 0.25) is 5.91 Å². The van der Waals surface area contributed by atoms with Gasteiger partial charge in [0.05, 0.1) is 0 Å². The highest BCUT2D eigenvalue weighted by Gasteiger charge is 2.53. The minimum absolute atomic E-state index is 0.0247. The van der Waals surface area contributed by atoms with Crippen LogP contribution in [0.15, 0.2) is 0 Å². The van der Waals surface area contributed by atoms with E-state index in [0.717, 1.165) is 19.3 Å². The maximum atomic E-state index is 11.6. The number of nitrogens with two attached hydrogens (primary N) is 1. The number of amides is 1. The predicted octanol–water partition coefficient (Wildman–Crippen LogP) is 1.42. The van der Waals surface area contributed by atoms with Crippen LogP contribution in [0.5, 0.6) is 0 Å². The summed E-state index contributed by atoms with van der Waals surface area (Å²) in [6, 6.07) is 0.292. The lowest BCUT2D eigenvalue weighted by atomic mass is 9.74. The van der Waals surface area contributed by atoms with Crippen LogP contribution in [0.1, 0.15) is 47.0 Å². The van der Waals surface area contributed by atoms with Crippen LogP contribution >= 0.6 is 0 Å². The Morgan fingerprint density at radius 3 is 2.21 bits per heavy atom. The summed E-state index contributed by atoms with van der Waals surface area (Å²) in [6.45, 7) is 8.36. The molecule has 1 rings (SSSR count). The van der Waals surface area contributed by atoms with Gasteiger partial charge < -0.3 is 11.1 Å². The molecule has 3 N–H and O–H groups in total. The summed E-state index contributed by atoms with van der Waals surface area (Å²) < 4.78 is 0. The van der Waals surface area contributed by atoms with E-state index in [1.54, 1.807) is 0 Å². The van der Waals surface area contributed by atoms with Gasteiger partial charge in [-0.1, -0.05) is 20.3 Å². The van der Waals surface area contributed by atoms with E-state index in [0.29, 0.717) is 6.04 Å². The van der Waals surface area contributed by atoms with Gasteiger partial charge in [-0.15, -0.1) is 0 Å². The highest BCUT2D eigenvalue weighted by Crippen LogP contribution is 2.45. The molecule has 3 nitrogen and oxygen atoms in total. The summed E-state index contributed by atoms with van der Waals surface area (Å²) in [5.74, 6) is -0.200. The van der Waals surface area contributed by atoms with Crippen molar-refractivity contribution in [2.24, 2.45) is 11.1 Å². The van der Waals surface area contributed by atoms with Crippen molar-refractivity contribution in [1.82, 2.24) is 5.32 Å². The van der Waals surface area contributed by atoms with Gasteiger partial charge in [-0.25, -0.2) is 0 Å². The molecule has 0 aromatic rings. The van der Waals surface area contributed by atoms with E-state index in [9.17, 15) is 4.79 Å². The van der Waals surface area contributed by atoms with Crippen LogP contribution in [0.25, 0.3) is 0 Å². The molecule has 0 aromatic heterocycles. The molecule has 0 aliphatic heterocycles. The molecule has 82 valence electrons. The average Bonchev–Trinajstić information content (AvgIpc) is 2.26. The molecule has 1 unspecified atom stereocenters. The minimum atomic E-state index is -0.499. The molecule has 1 atom stereocenters. The SMILES string of the molecule is CC(C)NC1(C(N)=O)CCCC1(C)C. The van der Waals surface area contributed by atoms with E-state index >= 15 is 0 Å². The van der Waals surface area contributed by atoms with Crippen molar-refractivity contribution in [3.05, 3.63) is 0 Å². The zero-order chi connectivity index (χ0) is 11.0. The first-order chi connectivity index (χ1) is 6.32. The van der Waals surface area contributed by atoms with Crippen molar-refractivity contribution in [3.8, 4) is 0 Å². The van der Waals surface area contributed by atoms with E-state index in [1.807, 2.05) is 0 Å². The minimum Gasteiger partial charge on any atom is -0.368 e. The van der Waals surface area contributed by atoms with Crippen LogP contribution < -0.4 is 11.1 Å². The van der Waals surface area contributed by atoms with Crippen LogP contribution in [0.4, 0.5) is 0 Å². The fourth-order valence-electron chi connectivity index (χ4n) is 2.64. The maximum absolute atomic E-state index is 11.6. The van der Waals surface area contributed by atoms with Crippen LogP contribution in [0, 0.1) is 5.41 Å². The average molecular weight is 198 g/mol. The topological polar surface area (TPSA) is 55.1 Å². The van der Waals surface area contributed by atoms with E-state index in [2.05, 4.69) is 33.0 Å². The summed E-state index contributed by atoms with van der Waals surface area (Å²) in [5, 5.41) is 3.37. The van der Waals surface area contributed by atoms with Crippen LogP contribution in [-0.4, -0.2) is 17.5 Å². The highest BCUT2D eigenvalue weighted by atomic mass is 16.1. The number of carbonyl (C=O) groups is 1. The van der Waals surface area contributed by atoms with Gasteiger partial charge in [-0.2, -0.15) is 0 Å². The number of carbonyl (C=O) groups excluding carboxylic acids is 1. The summed E-state index contributed by atoms with van der Waals surface area (Å²) in [4.78, 5) is 11.6. The quantitative estimate of drug-likeness (QED) is 0.720. The molecule has 0 radical (unpaired) electrons. The Morgan fingerprint density at radius 2 is 1.93 bits per heavy atom. The fraction of sp³-hybridized carbons (Fsp3) is 0.909. The van der Waals surface area contributed by atoms with Gasteiger partial charge in [0.25, 0.3) is 0 Å². The summed E-state index contributed by atoms with van der Waals surface area (Å²) >= 11 is 0. The highest BCUT2D eigenvalue weighted by molar-refractivity contribution is 5.86. The van der Waals surface area contributed by atoms with Crippen molar-refractivity contribution in [3.63, 3.8) is 0 Å². The van der Waals surface area contributed by atoms with E-state index < -0.39 is 5.54 Å². The third-order valence-corrected chi connectivity index (χ3v) is 3.46. The third kappa shape index (κ3) is 1.65. The molecular formula is C11H22N2O. The molecule has 0 aromatic carbocycles. The van der Waals surface area contributed by atoms with Crippen molar-refractivity contribution >= 4 is 5.91 Å². The second kappa shape index (κ2) is 3.54. The first-order valence-corrected chi connectivity index (χ1v) is 5.39. The Morgan fingerprint density at radius 1 is 1.36 bits per heavy atom. The van der Waals surface area contributed by atoms with Crippen molar-refractivity contribution in [2.75, 3.05) is 0 Å². The Balaban J connectivity index is 2.98. The van der Waals surface area contributed by atoms with Gasteiger partial charge in [-0.3, -0.25) is 4.79 Å². The number of primary amides is 1. The third-order valence-electron chi connectivity index (χ3n) is 3.46. The van der Waals surface area contributed by atoms with E-state index in [-0.39, 0.29) is 11.3 Å². The molecule has 0 saturated heterocycles. The smallest absolute Gasteiger partial charge is 0.238 e. The Labute approximate surface area is 86.4 Å². The molecule has 3 heteroatoms. The predicted molar refractivity (Wildman–Crippen MR) is 57.8 cm³/mol. The number of hydrogen-bond donors (Lipinski definition) is 2.